The molecule has 1 N–H and O–H groups in total. The molecule has 108 valence electrons. The molecule has 2 rings (SSSR count). The van der Waals surface area contributed by atoms with Crippen LogP contribution >= 0.6 is 11.6 Å². The maximum absolute atomic E-state index is 5.74. The third-order valence-corrected chi connectivity index (χ3v) is 3.66. The van der Waals surface area contributed by atoms with Gasteiger partial charge in [-0.25, -0.2) is 0 Å². The van der Waals surface area contributed by atoms with Crippen LogP contribution in [0.1, 0.15) is 30.3 Å². The third-order valence-electron chi connectivity index (χ3n) is 3.39. The van der Waals surface area contributed by atoms with Crippen molar-refractivity contribution in [1.29, 1.82) is 0 Å². The first-order chi connectivity index (χ1) is 9.72. The van der Waals surface area contributed by atoms with Gasteiger partial charge in [0.1, 0.15) is 0 Å². The second-order valence-corrected chi connectivity index (χ2v) is 5.33. The summed E-state index contributed by atoms with van der Waals surface area (Å²) in [5, 5.41) is 7.92. The van der Waals surface area contributed by atoms with E-state index in [-0.39, 0.29) is 0 Å². The quantitative estimate of drug-likeness (QED) is 0.787. The van der Waals surface area contributed by atoms with Gasteiger partial charge >= 0.3 is 0 Å². The SMILES string of the molecule is CCc1cc(CNc2cccc(CCCCl)c2)n(C)n1. The van der Waals surface area contributed by atoms with Crippen LogP contribution < -0.4 is 5.32 Å². The summed E-state index contributed by atoms with van der Waals surface area (Å²) >= 11 is 5.74. The summed E-state index contributed by atoms with van der Waals surface area (Å²) in [6.07, 6.45) is 3.03. The highest BCUT2D eigenvalue weighted by atomic mass is 35.5. The van der Waals surface area contributed by atoms with E-state index in [0.717, 1.165) is 37.2 Å². The Morgan fingerprint density at radius 3 is 2.85 bits per heavy atom. The van der Waals surface area contributed by atoms with Crippen molar-refractivity contribution in [3.63, 3.8) is 0 Å². The van der Waals surface area contributed by atoms with Gasteiger partial charge in [0.25, 0.3) is 0 Å². The molecule has 1 aromatic heterocycles. The van der Waals surface area contributed by atoms with Gasteiger partial charge in [0.2, 0.25) is 0 Å². The number of hydrogen-bond donors (Lipinski definition) is 1. The number of halogens is 1. The summed E-state index contributed by atoms with van der Waals surface area (Å²) in [6, 6.07) is 10.7. The van der Waals surface area contributed by atoms with E-state index < -0.39 is 0 Å². The molecule has 1 heterocycles. The van der Waals surface area contributed by atoms with Gasteiger partial charge in [-0.3, -0.25) is 4.68 Å². The van der Waals surface area contributed by atoms with E-state index in [1.807, 2.05) is 11.7 Å². The van der Waals surface area contributed by atoms with Crippen LogP contribution in [0.4, 0.5) is 5.69 Å². The minimum Gasteiger partial charge on any atom is -0.379 e. The molecule has 4 heteroatoms. The third kappa shape index (κ3) is 4.01. The first-order valence-electron chi connectivity index (χ1n) is 7.13. The maximum atomic E-state index is 5.74. The van der Waals surface area contributed by atoms with Crippen LogP contribution in [-0.4, -0.2) is 15.7 Å². The molecular weight excluding hydrogens is 270 g/mol. The summed E-state index contributed by atoms with van der Waals surface area (Å²) in [5.74, 6) is 0.715. The topological polar surface area (TPSA) is 29.9 Å². The van der Waals surface area contributed by atoms with Crippen molar-refractivity contribution >= 4 is 17.3 Å². The van der Waals surface area contributed by atoms with Gasteiger partial charge in [0.05, 0.1) is 17.9 Å². The molecule has 0 aliphatic heterocycles. The van der Waals surface area contributed by atoms with Gasteiger partial charge in [-0.1, -0.05) is 19.1 Å². The smallest absolute Gasteiger partial charge is 0.0625 e. The molecule has 0 aliphatic rings. The van der Waals surface area contributed by atoms with Gasteiger partial charge in [-0.2, -0.15) is 5.10 Å². The van der Waals surface area contributed by atoms with Gasteiger partial charge in [-0.15, -0.1) is 11.6 Å². The Bertz CT molecular complexity index is 548. The van der Waals surface area contributed by atoms with Gasteiger partial charge < -0.3 is 5.32 Å². The molecule has 0 saturated carbocycles. The summed E-state index contributed by atoms with van der Waals surface area (Å²) in [7, 11) is 1.99. The largest absolute Gasteiger partial charge is 0.379 e. The Morgan fingerprint density at radius 1 is 1.30 bits per heavy atom. The van der Waals surface area contributed by atoms with E-state index in [4.69, 9.17) is 11.6 Å². The van der Waals surface area contributed by atoms with E-state index in [9.17, 15) is 0 Å². The zero-order valence-corrected chi connectivity index (χ0v) is 13.0. The van der Waals surface area contributed by atoms with Crippen LogP contribution in [0.5, 0.6) is 0 Å². The second kappa shape index (κ2) is 7.34. The van der Waals surface area contributed by atoms with Crippen LogP contribution in [-0.2, 0) is 26.4 Å². The lowest BCUT2D eigenvalue weighted by Gasteiger charge is -2.08. The molecule has 20 heavy (non-hydrogen) atoms. The van der Waals surface area contributed by atoms with Gasteiger partial charge in [-0.05, 0) is 43.0 Å². The standard InChI is InChI=1S/C16H22ClN3/c1-3-14-11-16(20(2)19-14)12-18-15-8-4-6-13(10-15)7-5-9-17/h4,6,8,10-11,18H,3,5,7,9,12H2,1-2H3. The molecule has 0 bridgehead atoms. The molecule has 0 saturated heterocycles. The van der Waals surface area contributed by atoms with E-state index in [1.54, 1.807) is 0 Å². The van der Waals surface area contributed by atoms with Crippen molar-refractivity contribution < 1.29 is 0 Å². The lowest BCUT2D eigenvalue weighted by Crippen LogP contribution is -2.05. The van der Waals surface area contributed by atoms with Crippen LogP contribution in [0.2, 0.25) is 0 Å². The monoisotopic (exact) mass is 291 g/mol. The molecule has 3 nitrogen and oxygen atoms in total. The lowest BCUT2D eigenvalue weighted by atomic mass is 10.1. The fraction of sp³-hybridized carbons (Fsp3) is 0.438. The molecule has 0 amide bonds. The summed E-state index contributed by atoms with van der Waals surface area (Å²) in [4.78, 5) is 0. The Kier molecular flexibility index (Phi) is 5.48. The first kappa shape index (κ1) is 14.9. The van der Waals surface area contributed by atoms with Crippen molar-refractivity contribution in [2.24, 2.45) is 7.05 Å². The predicted octanol–water partition coefficient (Wildman–Crippen LogP) is 3.77. The van der Waals surface area contributed by atoms with Crippen LogP contribution in [0.3, 0.4) is 0 Å². The normalized spacial score (nSPS) is 10.8. The van der Waals surface area contributed by atoms with Crippen molar-refractivity contribution in [1.82, 2.24) is 9.78 Å². The van der Waals surface area contributed by atoms with E-state index in [2.05, 4.69) is 47.7 Å². The Balaban J connectivity index is 1.97. The number of aryl methyl sites for hydroxylation is 3. The number of hydrogen-bond acceptors (Lipinski definition) is 2. The number of aromatic nitrogens is 2. The molecule has 0 radical (unpaired) electrons. The molecule has 0 fully saturated rings. The number of benzene rings is 1. The van der Waals surface area contributed by atoms with E-state index in [0.29, 0.717) is 5.88 Å². The van der Waals surface area contributed by atoms with Crippen LogP contribution in [0.25, 0.3) is 0 Å². The number of anilines is 1. The van der Waals surface area contributed by atoms with Crippen molar-refractivity contribution in [2.45, 2.75) is 32.7 Å². The second-order valence-electron chi connectivity index (χ2n) is 4.95. The Morgan fingerprint density at radius 2 is 2.15 bits per heavy atom. The number of nitrogens with one attached hydrogen (secondary N) is 1. The minimum absolute atomic E-state index is 0.715. The summed E-state index contributed by atoms with van der Waals surface area (Å²) in [6.45, 7) is 2.92. The fourth-order valence-corrected chi connectivity index (χ4v) is 2.34. The highest BCUT2D eigenvalue weighted by Crippen LogP contribution is 2.14. The van der Waals surface area contributed by atoms with E-state index >= 15 is 0 Å². The van der Waals surface area contributed by atoms with Crippen LogP contribution in [0, 0.1) is 0 Å². The summed E-state index contributed by atoms with van der Waals surface area (Å²) in [5.41, 5.74) is 4.82. The zero-order chi connectivity index (χ0) is 14.4. The molecule has 0 spiro atoms. The van der Waals surface area contributed by atoms with Crippen molar-refractivity contribution in [3.05, 3.63) is 47.3 Å². The average Bonchev–Trinajstić information content (AvgIpc) is 2.84. The molecule has 0 atom stereocenters. The highest BCUT2D eigenvalue weighted by molar-refractivity contribution is 6.17. The number of nitrogens with zero attached hydrogens (tertiary/aromatic N) is 2. The zero-order valence-electron chi connectivity index (χ0n) is 12.2. The summed E-state index contributed by atoms with van der Waals surface area (Å²) < 4.78 is 1.95. The van der Waals surface area contributed by atoms with Crippen molar-refractivity contribution in [3.8, 4) is 0 Å². The number of rotatable bonds is 7. The average molecular weight is 292 g/mol. The van der Waals surface area contributed by atoms with Crippen LogP contribution in [0.15, 0.2) is 30.3 Å². The molecular formula is C16H22ClN3. The van der Waals surface area contributed by atoms with Gasteiger partial charge in [0.15, 0.2) is 0 Å². The van der Waals surface area contributed by atoms with Crippen molar-refractivity contribution in [2.75, 3.05) is 11.2 Å². The number of alkyl halides is 1. The fourth-order valence-electron chi connectivity index (χ4n) is 2.21. The molecule has 1 aromatic carbocycles. The van der Waals surface area contributed by atoms with E-state index in [1.165, 1.54) is 11.3 Å². The molecule has 2 aromatic rings. The van der Waals surface area contributed by atoms with Gasteiger partial charge in [0, 0.05) is 18.6 Å². The first-order valence-corrected chi connectivity index (χ1v) is 7.67. The highest BCUT2D eigenvalue weighted by Gasteiger charge is 2.03. The lowest BCUT2D eigenvalue weighted by molar-refractivity contribution is 0.707. The Labute approximate surface area is 126 Å². The molecule has 0 aliphatic carbocycles. The minimum atomic E-state index is 0.715. The molecule has 0 unspecified atom stereocenters. The predicted molar refractivity (Wildman–Crippen MR) is 85.4 cm³/mol. The Hall–Kier alpha value is -1.48. The maximum Gasteiger partial charge on any atom is 0.0625 e.